The second-order valence-corrected chi connectivity index (χ2v) is 11.6. The van der Waals surface area contributed by atoms with Crippen molar-refractivity contribution in [2.75, 3.05) is 25.1 Å². The van der Waals surface area contributed by atoms with Gasteiger partial charge in [-0.15, -0.1) is 0 Å². The molecular weight excluding hydrogens is 530 g/mol. The lowest BCUT2D eigenvalue weighted by atomic mass is 9.84. The number of alkyl halides is 3. The van der Waals surface area contributed by atoms with Crippen molar-refractivity contribution in [2.45, 2.75) is 18.4 Å². The highest BCUT2D eigenvalue weighted by Crippen LogP contribution is 2.44. The minimum Gasteiger partial charge on any atom is -0.362 e. The van der Waals surface area contributed by atoms with E-state index >= 15 is 0 Å². The van der Waals surface area contributed by atoms with Gasteiger partial charge in [0.1, 0.15) is 11.4 Å². The molecular formula is C23H18Cl2F3NO5S. The molecule has 2 aliphatic rings. The number of sulfone groups is 1. The first kappa shape index (κ1) is 25.7. The van der Waals surface area contributed by atoms with E-state index in [1.165, 1.54) is 23.1 Å². The van der Waals surface area contributed by atoms with Crippen LogP contribution in [0.15, 0.2) is 42.5 Å². The lowest BCUT2D eigenvalue weighted by molar-refractivity contribution is -0.166. The highest BCUT2D eigenvalue weighted by Gasteiger charge is 2.51. The molecule has 1 spiro atoms. The number of benzene rings is 2. The molecule has 2 aromatic carbocycles. The minimum atomic E-state index is -4.83. The zero-order valence-electron chi connectivity index (χ0n) is 18.2. The van der Waals surface area contributed by atoms with Crippen molar-refractivity contribution in [1.82, 2.24) is 4.90 Å². The highest BCUT2D eigenvalue weighted by atomic mass is 35.5. The van der Waals surface area contributed by atoms with Crippen molar-refractivity contribution >= 4 is 50.3 Å². The van der Waals surface area contributed by atoms with Crippen molar-refractivity contribution < 1.29 is 35.9 Å². The molecule has 4 rings (SSSR count). The van der Waals surface area contributed by atoms with Gasteiger partial charge in [-0.2, -0.15) is 13.2 Å². The van der Waals surface area contributed by atoms with Crippen LogP contribution in [0.1, 0.15) is 27.0 Å². The number of likely N-dealkylation sites (tertiary alicyclic amines) is 1. The Kier molecular flexibility index (Phi) is 6.54. The van der Waals surface area contributed by atoms with Crippen molar-refractivity contribution in [3.63, 3.8) is 0 Å². The van der Waals surface area contributed by atoms with Crippen LogP contribution in [0.3, 0.4) is 0 Å². The number of ketones is 1. The Balaban J connectivity index is 1.57. The Hall–Kier alpha value is -2.40. The fourth-order valence-electron chi connectivity index (χ4n) is 4.18. The fourth-order valence-corrected chi connectivity index (χ4v) is 5.34. The van der Waals surface area contributed by atoms with Crippen LogP contribution in [0, 0.1) is 0 Å². The van der Waals surface area contributed by atoms with E-state index in [2.05, 4.69) is 0 Å². The number of hydrogen-bond donors (Lipinski definition) is 0. The SMILES string of the molecule is CS(=O)(=O)CC(=O)N1CC2(C1)OCc1cc(C(=O)C=C(c3cc(Cl)cc(Cl)c3)C(F)(F)F)ccc12. The maximum atomic E-state index is 13.7. The maximum Gasteiger partial charge on any atom is 0.417 e. The summed E-state index contributed by atoms with van der Waals surface area (Å²) in [5.74, 6) is -2.00. The first-order valence-corrected chi connectivity index (χ1v) is 13.0. The summed E-state index contributed by atoms with van der Waals surface area (Å²) in [6.07, 6.45) is -3.36. The summed E-state index contributed by atoms with van der Waals surface area (Å²) in [6, 6.07) is 7.89. The van der Waals surface area contributed by atoms with Crippen LogP contribution in [-0.2, 0) is 31.6 Å². The number of amides is 1. The molecule has 0 bridgehead atoms. The molecule has 12 heteroatoms. The number of carbonyl (C=O) groups is 2. The van der Waals surface area contributed by atoms with Crippen LogP contribution in [0.2, 0.25) is 10.0 Å². The summed E-state index contributed by atoms with van der Waals surface area (Å²) < 4.78 is 69.8. The summed E-state index contributed by atoms with van der Waals surface area (Å²) in [6.45, 7) is 0.398. The second-order valence-electron chi connectivity index (χ2n) is 8.55. The summed E-state index contributed by atoms with van der Waals surface area (Å²) in [5, 5.41) is -0.000673. The van der Waals surface area contributed by atoms with E-state index in [0.717, 1.165) is 18.4 Å². The van der Waals surface area contributed by atoms with E-state index in [-0.39, 0.29) is 40.9 Å². The van der Waals surface area contributed by atoms with Gasteiger partial charge in [-0.3, -0.25) is 9.59 Å². The van der Waals surface area contributed by atoms with Crippen LogP contribution in [0.25, 0.3) is 5.57 Å². The van der Waals surface area contributed by atoms with Gasteiger partial charge in [0, 0.05) is 21.9 Å². The van der Waals surface area contributed by atoms with E-state index in [9.17, 15) is 31.2 Å². The molecule has 1 amide bonds. The third kappa shape index (κ3) is 5.40. The van der Waals surface area contributed by atoms with Gasteiger partial charge in [0.15, 0.2) is 15.6 Å². The maximum absolute atomic E-state index is 13.7. The van der Waals surface area contributed by atoms with E-state index in [1.54, 1.807) is 6.07 Å². The molecule has 0 saturated carbocycles. The quantitative estimate of drug-likeness (QED) is 0.408. The molecule has 35 heavy (non-hydrogen) atoms. The first-order valence-electron chi connectivity index (χ1n) is 10.2. The zero-order valence-corrected chi connectivity index (χ0v) is 20.5. The predicted octanol–water partition coefficient (Wildman–Crippen LogP) is 4.43. The molecule has 1 fully saturated rings. The molecule has 0 atom stereocenters. The summed E-state index contributed by atoms with van der Waals surface area (Å²) in [4.78, 5) is 26.2. The van der Waals surface area contributed by atoms with Crippen LogP contribution >= 0.6 is 23.2 Å². The number of allylic oxidation sites excluding steroid dienone is 2. The molecule has 0 N–H and O–H groups in total. The van der Waals surface area contributed by atoms with Gasteiger partial charge < -0.3 is 9.64 Å². The highest BCUT2D eigenvalue weighted by molar-refractivity contribution is 7.91. The van der Waals surface area contributed by atoms with Crippen LogP contribution in [0.4, 0.5) is 13.2 Å². The van der Waals surface area contributed by atoms with Crippen molar-refractivity contribution in [1.29, 1.82) is 0 Å². The smallest absolute Gasteiger partial charge is 0.362 e. The number of hydrogen-bond acceptors (Lipinski definition) is 5. The Labute approximate surface area is 209 Å². The van der Waals surface area contributed by atoms with Crippen molar-refractivity contribution in [3.8, 4) is 0 Å². The van der Waals surface area contributed by atoms with Crippen LogP contribution in [-0.4, -0.2) is 56.3 Å². The van der Waals surface area contributed by atoms with E-state index in [1.807, 2.05) is 0 Å². The Morgan fingerprint density at radius 1 is 1.09 bits per heavy atom. The molecule has 0 unspecified atom stereocenters. The standard InChI is InChI=1S/C23H18Cl2F3NO5S/c1-35(32,33)10-21(31)29-11-22(12-29)18-3-2-13(4-15(18)9-34-22)20(30)8-19(23(26,27)28)14-5-16(24)7-17(25)6-14/h2-8H,9-12H2,1H3. The normalized spacial score (nSPS) is 17.3. The Bertz CT molecular complexity index is 1350. The summed E-state index contributed by atoms with van der Waals surface area (Å²) in [5.41, 5.74) is -0.991. The number of rotatable bonds is 5. The molecule has 0 radical (unpaired) electrons. The van der Waals surface area contributed by atoms with Gasteiger partial charge in [-0.1, -0.05) is 35.3 Å². The van der Waals surface area contributed by atoms with E-state index in [0.29, 0.717) is 17.2 Å². The fraction of sp³-hybridized carbons (Fsp3) is 0.304. The number of ether oxygens (including phenoxy) is 1. The van der Waals surface area contributed by atoms with Gasteiger partial charge in [-0.25, -0.2) is 8.42 Å². The second kappa shape index (κ2) is 8.92. The summed E-state index contributed by atoms with van der Waals surface area (Å²) >= 11 is 11.7. The molecule has 2 aliphatic heterocycles. The first-order chi connectivity index (χ1) is 16.2. The average molecular weight is 548 g/mol. The third-order valence-electron chi connectivity index (χ3n) is 5.77. The zero-order chi connectivity index (χ0) is 25.8. The monoisotopic (exact) mass is 547 g/mol. The summed E-state index contributed by atoms with van der Waals surface area (Å²) in [7, 11) is -3.47. The molecule has 1 saturated heterocycles. The van der Waals surface area contributed by atoms with Gasteiger partial charge in [0.25, 0.3) is 0 Å². The topological polar surface area (TPSA) is 80.8 Å². The largest absolute Gasteiger partial charge is 0.417 e. The third-order valence-corrected chi connectivity index (χ3v) is 6.98. The van der Waals surface area contributed by atoms with Gasteiger partial charge in [-0.05, 0) is 47.0 Å². The lowest BCUT2D eigenvalue weighted by Gasteiger charge is -2.47. The molecule has 2 heterocycles. The molecule has 186 valence electrons. The van der Waals surface area contributed by atoms with Crippen LogP contribution < -0.4 is 0 Å². The number of fused-ring (bicyclic) bond motifs is 2. The average Bonchev–Trinajstić information content (AvgIpc) is 3.06. The molecule has 2 aromatic rings. The minimum absolute atomic E-state index is 0.000337. The van der Waals surface area contributed by atoms with Gasteiger partial charge in [0.05, 0.1) is 25.3 Å². The molecule has 0 aromatic heterocycles. The predicted molar refractivity (Wildman–Crippen MR) is 124 cm³/mol. The van der Waals surface area contributed by atoms with Crippen molar-refractivity contribution in [2.24, 2.45) is 0 Å². The lowest BCUT2D eigenvalue weighted by Crippen LogP contribution is -2.62. The van der Waals surface area contributed by atoms with Gasteiger partial charge in [0.2, 0.25) is 5.91 Å². The Morgan fingerprint density at radius 2 is 1.71 bits per heavy atom. The number of nitrogens with zero attached hydrogens (tertiary/aromatic N) is 1. The van der Waals surface area contributed by atoms with E-state index < -0.39 is 44.6 Å². The molecule has 6 nitrogen and oxygen atoms in total. The molecule has 0 aliphatic carbocycles. The number of halogens is 5. The number of carbonyl (C=O) groups excluding carboxylic acids is 2. The van der Waals surface area contributed by atoms with Crippen LogP contribution in [0.5, 0.6) is 0 Å². The van der Waals surface area contributed by atoms with Gasteiger partial charge >= 0.3 is 6.18 Å². The Morgan fingerprint density at radius 3 is 2.29 bits per heavy atom. The van der Waals surface area contributed by atoms with Crippen molar-refractivity contribution in [3.05, 3.63) is 74.8 Å². The van der Waals surface area contributed by atoms with E-state index in [4.69, 9.17) is 27.9 Å².